The molecule has 1 saturated heterocycles. The van der Waals surface area contributed by atoms with Crippen LogP contribution in [0.2, 0.25) is 0 Å². The fourth-order valence-corrected chi connectivity index (χ4v) is 3.39. The van der Waals surface area contributed by atoms with Crippen LogP contribution in [0.25, 0.3) is 0 Å². The van der Waals surface area contributed by atoms with Crippen molar-refractivity contribution >= 4 is 0 Å². The van der Waals surface area contributed by atoms with Gasteiger partial charge in [0.05, 0.1) is 11.4 Å². The maximum absolute atomic E-state index is 4.23. The van der Waals surface area contributed by atoms with Crippen molar-refractivity contribution in [1.29, 1.82) is 0 Å². The molecule has 128 valence electrons. The van der Waals surface area contributed by atoms with Gasteiger partial charge in [0.2, 0.25) is 0 Å². The molecule has 2 heterocycles. The van der Waals surface area contributed by atoms with Gasteiger partial charge in [-0.1, -0.05) is 36.8 Å². The van der Waals surface area contributed by atoms with Crippen molar-refractivity contribution in [1.82, 2.24) is 20.4 Å². The molecule has 1 atom stereocenters. The molecule has 0 saturated carbocycles. The van der Waals surface area contributed by atoms with Crippen LogP contribution in [-0.2, 0) is 13.1 Å². The van der Waals surface area contributed by atoms with Crippen molar-refractivity contribution in [2.45, 2.75) is 39.3 Å². The van der Waals surface area contributed by atoms with E-state index in [1.165, 1.54) is 37.9 Å². The smallest absolute Gasteiger partial charge is 0.0769 e. The Labute approximate surface area is 145 Å². The van der Waals surface area contributed by atoms with Crippen molar-refractivity contribution in [3.63, 3.8) is 0 Å². The quantitative estimate of drug-likeness (QED) is 0.886. The van der Waals surface area contributed by atoms with E-state index < -0.39 is 0 Å². The van der Waals surface area contributed by atoms with E-state index in [-0.39, 0.29) is 0 Å². The topological polar surface area (TPSA) is 41.0 Å². The molecule has 1 aromatic heterocycles. The van der Waals surface area contributed by atoms with E-state index in [1.54, 1.807) is 0 Å². The number of aromatic nitrogens is 2. The van der Waals surface area contributed by atoms with Gasteiger partial charge in [0, 0.05) is 19.6 Å². The third kappa shape index (κ3) is 5.39. The zero-order valence-corrected chi connectivity index (χ0v) is 14.6. The number of hydrogen-bond acceptors (Lipinski definition) is 4. The Kier molecular flexibility index (Phi) is 6.33. The third-order valence-electron chi connectivity index (χ3n) is 4.69. The summed E-state index contributed by atoms with van der Waals surface area (Å²) >= 11 is 0. The number of hydrogen-bond donors (Lipinski definition) is 1. The van der Waals surface area contributed by atoms with Crippen molar-refractivity contribution in [2.24, 2.45) is 5.92 Å². The van der Waals surface area contributed by atoms with Crippen molar-refractivity contribution < 1.29 is 0 Å². The highest BCUT2D eigenvalue weighted by atomic mass is 15.1. The first-order valence-electron chi connectivity index (χ1n) is 9.06. The number of aryl methyl sites for hydroxylation is 1. The van der Waals surface area contributed by atoms with Gasteiger partial charge in [-0.05, 0) is 56.5 Å². The Morgan fingerprint density at radius 3 is 2.75 bits per heavy atom. The van der Waals surface area contributed by atoms with Gasteiger partial charge in [0.1, 0.15) is 0 Å². The molecule has 1 N–H and O–H groups in total. The summed E-state index contributed by atoms with van der Waals surface area (Å²) in [6.07, 6.45) is 3.96. The van der Waals surface area contributed by atoms with E-state index in [0.29, 0.717) is 0 Å². The van der Waals surface area contributed by atoms with Gasteiger partial charge in [-0.25, -0.2) is 0 Å². The van der Waals surface area contributed by atoms with Crippen LogP contribution in [0.4, 0.5) is 0 Å². The lowest BCUT2D eigenvalue weighted by molar-refractivity contribution is 0.237. The number of likely N-dealkylation sites (tertiary alicyclic amines) is 1. The van der Waals surface area contributed by atoms with Crippen LogP contribution in [0.3, 0.4) is 0 Å². The summed E-state index contributed by atoms with van der Waals surface area (Å²) in [6.45, 7) is 7.30. The molecular weight excluding hydrogens is 296 g/mol. The summed E-state index contributed by atoms with van der Waals surface area (Å²) in [5.41, 5.74) is 3.41. The van der Waals surface area contributed by atoms with Gasteiger partial charge in [-0.2, -0.15) is 10.2 Å². The van der Waals surface area contributed by atoms with E-state index in [2.05, 4.69) is 56.8 Å². The molecular formula is C20H28N4. The molecule has 4 heteroatoms. The van der Waals surface area contributed by atoms with Crippen LogP contribution < -0.4 is 5.32 Å². The third-order valence-corrected chi connectivity index (χ3v) is 4.69. The molecule has 0 radical (unpaired) electrons. The Balaban J connectivity index is 1.46. The molecule has 3 rings (SSSR count). The zero-order valence-electron chi connectivity index (χ0n) is 14.6. The monoisotopic (exact) mass is 324 g/mol. The Morgan fingerprint density at radius 1 is 1.08 bits per heavy atom. The van der Waals surface area contributed by atoms with E-state index in [4.69, 9.17) is 0 Å². The average molecular weight is 324 g/mol. The largest absolute Gasteiger partial charge is 0.311 e. The second kappa shape index (κ2) is 8.90. The lowest BCUT2D eigenvalue weighted by Crippen LogP contribution is -2.33. The van der Waals surface area contributed by atoms with Crippen LogP contribution in [0.5, 0.6) is 0 Å². The number of nitrogens with one attached hydrogen (secondary N) is 1. The molecule has 0 aliphatic carbocycles. The van der Waals surface area contributed by atoms with Crippen molar-refractivity contribution in [3.8, 4) is 0 Å². The highest BCUT2D eigenvalue weighted by molar-refractivity contribution is 5.14. The minimum absolute atomic E-state index is 0.717. The normalized spacial score (nSPS) is 19.1. The molecule has 0 bridgehead atoms. The molecule has 1 unspecified atom stereocenters. The van der Waals surface area contributed by atoms with Crippen LogP contribution in [0.15, 0.2) is 42.5 Å². The first-order chi connectivity index (χ1) is 11.8. The van der Waals surface area contributed by atoms with Crippen molar-refractivity contribution in [2.75, 3.05) is 19.6 Å². The fourth-order valence-electron chi connectivity index (χ4n) is 3.39. The molecule has 0 amide bonds. The summed E-state index contributed by atoms with van der Waals surface area (Å²) < 4.78 is 0. The SMILES string of the molecule is Cc1ccc(CNCC2CCCCN(Cc3ccccc3)C2)nn1. The first-order valence-corrected chi connectivity index (χ1v) is 9.06. The van der Waals surface area contributed by atoms with Crippen molar-refractivity contribution in [3.05, 3.63) is 59.4 Å². The molecule has 1 aliphatic rings. The summed E-state index contributed by atoms with van der Waals surface area (Å²) in [4.78, 5) is 2.61. The number of rotatable bonds is 6. The fraction of sp³-hybridized carbons (Fsp3) is 0.500. The lowest BCUT2D eigenvalue weighted by Gasteiger charge is -2.24. The molecule has 1 aromatic carbocycles. The minimum Gasteiger partial charge on any atom is -0.311 e. The predicted octanol–water partition coefficient (Wildman–Crippen LogP) is 3.18. The maximum atomic E-state index is 4.23. The van der Waals surface area contributed by atoms with Crippen LogP contribution >= 0.6 is 0 Å². The summed E-state index contributed by atoms with van der Waals surface area (Å²) in [7, 11) is 0. The van der Waals surface area contributed by atoms with Gasteiger partial charge >= 0.3 is 0 Å². The van der Waals surface area contributed by atoms with Gasteiger partial charge in [-0.3, -0.25) is 4.90 Å². The second-order valence-corrected chi connectivity index (χ2v) is 6.88. The van der Waals surface area contributed by atoms with Gasteiger partial charge in [0.15, 0.2) is 0 Å². The maximum Gasteiger partial charge on any atom is 0.0769 e. The molecule has 1 aliphatic heterocycles. The molecule has 1 fully saturated rings. The summed E-state index contributed by atoms with van der Waals surface area (Å²) in [5.74, 6) is 0.717. The molecule has 4 nitrogen and oxygen atoms in total. The van der Waals surface area contributed by atoms with Crippen LogP contribution in [-0.4, -0.2) is 34.7 Å². The van der Waals surface area contributed by atoms with E-state index >= 15 is 0 Å². The summed E-state index contributed by atoms with van der Waals surface area (Å²) in [6, 6.07) is 14.9. The number of benzene rings is 1. The molecule has 0 spiro atoms. The van der Waals surface area contributed by atoms with E-state index in [1.807, 2.05) is 13.0 Å². The average Bonchev–Trinajstić information content (AvgIpc) is 2.83. The second-order valence-electron chi connectivity index (χ2n) is 6.88. The Hall–Kier alpha value is -1.78. The van der Waals surface area contributed by atoms with Crippen LogP contribution in [0.1, 0.15) is 36.2 Å². The van der Waals surface area contributed by atoms with Crippen LogP contribution in [0, 0.1) is 12.8 Å². The van der Waals surface area contributed by atoms with Gasteiger partial charge in [0.25, 0.3) is 0 Å². The van der Waals surface area contributed by atoms with E-state index in [9.17, 15) is 0 Å². The highest BCUT2D eigenvalue weighted by Gasteiger charge is 2.18. The predicted molar refractivity (Wildman–Crippen MR) is 97.5 cm³/mol. The molecule has 24 heavy (non-hydrogen) atoms. The Morgan fingerprint density at radius 2 is 1.96 bits per heavy atom. The Bertz CT molecular complexity index is 597. The van der Waals surface area contributed by atoms with Gasteiger partial charge in [-0.15, -0.1) is 0 Å². The summed E-state index contributed by atoms with van der Waals surface area (Å²) in [5, 5.41) is 11.9. The molecule has 2 aromatic rings. The zero-order chi connectivity index (χ0) is 16.6. The standard InChI is InChI=1S/C20H28N4/c1-17-10-11-20(23-22-17)14-21-13-19-9-5-6-12-24(16-19)15-18-7-3-2-4-8-18/h2-4,7-8,10-11,19,21H,5-6,9,12-16H2,1H3. The highest BCUT2D eigenvalue weighted by Crippen LogP contribution is 2.18. The minimum atomic E-state index is 0.717. The first kappa shape index (κ1) is 17.1. The lowest BCUT2D eigenvalue weighted by atomic mass is 10.0. The van der Waals surface area contributed by atoms with Gasteiger partial charge < -0.3 is 5.32 Å². The van der Waals surface area contributed by atoms with E-state index in [0.717, 1.165) is 36.9 Å². The number of nitrogens with zero attached hydrogens (tertiary/aromatic N) is 3.